The first-order valence-electron chi connectivity index (χ1n) is 8.08. The van der Waals surface area contributed by atoms with Crippen LogP contribution in [0.3, 0.4) is 0 Å². The van der Waals surface area contributed by atoms with Gasteiger partial charge in [-0.2, -0.15) is 5.10 Å². The Morgan fingerprint density at radius 1 is 1.00 bits per heavy atom. The third kappa shape index (κ3) is 4.04. The largest absolute Gasteiger partial charge is 0.507 e. The van der Waals surface area contributed by atoms with Crippen LogP contribution in [-0.2, 0) is 9.59 Å². The highest BCUT2D eigenvalue weighted by atomic mass is 16.5. The third-order valence-electron chi connectivity index (χ3n) is 3.87. The number of benzene rings is 3. The molecule has 3 N–H and O–H groups in total. The quantitative estimate of drug-likeness (QED) is 0.377. The smallest absolute Gasteiger partial charge is 0.329 e. The van der Waals surface area contributed by atoms with E-state index in [1.54, 1.807) is 36.4 Å². The number of carbonyl (C=O) groups excluding carboxylic acids is 2. The summed E-state index contributed by atoms with van der Waals surface area (Å²) in [4.78, 5) is 23.9. The second kappa shape index (κ2) is 8.01. The zero-order valence-electron chi connectivity index (χ0n) is 14.5. The van der Waals surface area contributed by atoms with Crippen molar-refractivity contribution in [2.24, 2.45) is 5.10 Å². The number of nitrogens with one attached hydrogen (secondary N) is 2. The molecule has 3 aromatic rings. The molecule has 0 saturated heterocycles. The molecule has 2 amide bonds. The Balaban J connectivity index is 1.70. The molecule has 7 nitrogen and oxygen atoms in total. The molecule has 0 saturated carbocycles. The molecule has 0 fully saturated rings. The number of rotatable bonds is 4. The summed E-state index contributed by atoms with van der Waals surface area (Å²) >= 11 is 0. The normalized spacial score (nSPS) is 10.7. The number of hydrogen-bond acceptors (Lipinski definition) is 5. The number of fused-ring (bicyclic) bond motifs is 1. The van der Waals surface area contributed by atoms with Gasteiger partial charge < -0.3 is 15.2 Å². The van der Waals surface area contributed by atoms with Crippen molar-refractivity contribution in [1.29, 1.82) is 0 Å². The number of methoxy groups -OCH3 is 1. The Bertz CT molecular complexity index is 1030. The molecule has 136 valence electrons. The molecule has 27 heavy (non-hydrogen) atoms. The molecule has 0 aromatic heterocycles. The highest BCUT2D eigenvalue weighted by Crippen LogP contribution is 2.25. The van der Waals surface area contributed by atoms with Crippen molar-refractivity contribution in [3.63, 3.8) is 0 Å². The van der Waals surface area contributed by atoms with Gasteiger partial charge in [-0.15, -0.1) is 0 Å². The van der Waals surface area contributed by atoms with Crippen LogP contribution in [0, 0.1) is 0 Å². The maximum Gasteiger partial charge on any atom is 0.329 e. The SMILES string of the molecule is COc1ccccc1NC(=O)C(=O)N/N=C\c1c(O)ccc2ccccc12. The molecule has 0 atom stereocenters. The number of anilines is 1. The van der Waals surface area contributed by atoms with E-state index in [0.29, 0.717) is 17.0 Å². The topological polar surface area (TPSA) is 100 Å². The Hall–Kier alpha value is -3.87. The van der Waals surface area contributed by atoms with Gasteiger partial charge in [-0.05, 0) is 29.0 Å². The van der Waals surface area contributed by atoms with E-state index in [-0.39, 0.29) is 5.75 Å². The molecule has 0 radical (unpaired) electrons. The molecule has 0 aliphatic carbocycles. The second-order valence-electron chi connectivity index (χ2n) is 5.57. The van der Waals surface area contributed by atoms with Gasteiger partial charge in [-0.25, -0.2) is 5.43 Å². The molecule has 3 aromatic carbocycles. The van der Waals surface area contributed by atoms with E-state index in [2.05, 4.69) is 15.8 Å². The van der Waals surface area contributed by atoms with Crippen LogP contribution in [-0.4, -0.2) is 30.2 Å². The fraction of sp³-hybridized carbons (Fsp3) is 0.0500. The molecule has 3 rings (SSSR count). The van der Waals surface area contributed by atoms with Crippen molar-refractivity contribution >= 4 is 34.5 Å². The summed E-state index contributed by atoms with van der Waals surface area (Å²) < 4.78 is 5.12. The number of aromatic hydroxyl groups is 1. The van der Waals surface area contributed by atoms with Crippen LogP contribution in [0.4, 0.5) is 5.69 Å². The first-order valence-corrected chi connectivity index (χ1v) is 8.08. The summed E-state index contributed by atoms with van der Waals surface area (Å²) in [5, 5.41) is 18.0. The highest BCUT2D eigenvalue weighted by molar-refractivity contribution is 6.39. The second-order valence-corrected chi connectivity index (χ2v) is 5.57. The van der Waals surface area contributed by atoms with Crippen LogP contribution in [0.25, 0.3) is 10.8 Å². The summed E-state index contributed by atoms with van der Waals surface area (Å²) in [6, 6.07) is 17.5. The fourth-order valence-electron chi connectivity index (χ4n) is 2.55. The zero-order chi connectivity index (χ0) is 19.2. The number of amides is 2. The van der Waals surface area contributed by atoms with Crippen LogP contribution >= 0.6 is 0 Å². The number of hydrazone groups is 1. The Morgan fingerprint density at radius 2 is 1.74 bits per heavy atom. The summed E-state index contributed by atoms with van der Waals surface area (Å²) in [6.45, 7) is 0. The minimum Gasteiger partial charge on any atom is -0.507 e. The number of carbonyl (C=O) groups is 2. The van der Waals surface area contributed by atoms with Gasteiger partial charge in [0, 0.05) is 5.56 Å². The van der Waals surface area contributed by atoms with Crippen LogP contribution in [0.15, 0.2) is 65.8 Å². The van der Waals surface area contributed by atoms with E-state index in [9.17, 15) is 14.7 Å². The van der Waals surface area contributed by atoms with E-state index >= 15 is 0 Å². The maximum atomic E-state index is 12.0. The van der Waals surface area contributed by atoms with Gasteiger partial charge in [0.25, 0.3) is 0 Å². The van der Waals surface area contributed by atoms with Crippen molar-refractivity contribution in [3.05, 3.63) is 66.2 Å². The Kier molecular flexibility index (Phi) is 5.32. The summed E-state index contributed by atoms with van der Waals surface area (Å²) in [5.74, 6) is -1.39. The van der Waals surface area contributed by atoms with Crippen LogP contribution < -0.4 is 15.5 Å². The number of phenols is 1. The molecule has 0 unspecified atom stereocenters. The van der Waals surface area contributed by atoms with E-state index < -0.39 is 11.8 Å². The monoisotopic (exact) mass is 363 g/mol. The molecule has 7 heteroatoms. The summed E-state index contributed by atoms with van der Waals surface area (Å²) in [7, 11) is 1.46. The fourth-order valence-corrected chi connectivity index (χ4v) is 2.55. The lowest BCUT2D eigenvalue weighted by atomic mass is 10.0. The van der Waals surface area contributed by atoms with Gasteiger partial charge in [-0.3, -0.25) is 9.59 Å². The van der Waals surface area contributed by atoms with E-state index in [1.165, 1.54) is 13.3 Å². The molecule has 0 bridgehead atoms. The molecular weight excluding hydrogens is 346 g/mol. The number of phenolic OH excluding ortho intramolecular Hbond substituents is 1. The first-order chi connectivity index (χ1) is 13.1. The van der Waals surface area contributed by atoms with Gasteiger partial charge in [0.05, 0.1) is 19.0 Å². The number of hydrogen-bond donors (Lipinski definition) is 3. The Labute approximate surface area is 155 Å². The van der Waals surface area contributed by atoms with Crippen molar-refractivity contribution < 1.29 is 19.4 Å². The molecule has 0 spiro atoms. The van der Waals surface area contributed by atoms with Crippen molar-refractivity contribution in [2.45, 2.75) is 0 Å². The molecule has 0 aliphatic heterocycles. The molecular formula is C20H17N3O4. The molecule has 0 aliphatic rings. The van der Waals surface area contributed by atoms with Gasteiger partial charge >= 0.3 is 11.8 Å². The minimum absolute atomic E-state index is 0.0187. The van der Waals surface area contributed by atoms with E-state index in [4.69, 9.17) is 4.74 Å². The van der Waals surface area contributed by atoms with E-state index in [1.807, 2.05) is 24.3 Å². The van der Waals surface area contributed by atoms with Crippen LogP contribution in [0.2, 0.25) is 0 Å². The predicted octanol–water partition coefficient (Wildman–Crippen LogP) is 2.64. The predicted molar refractivity (Wildman–Crippen MR) is 103 cm³/mol. The standard InChI is InChI=1S/C20H17N3O4/c1-27-18-9-5-4-8-16(18)22-19(25)20(26)23-21-12-15-14-7-3-2-6-13(14)10-11-17(15)24/h2-12,24H,1H3,(H,22,25)(H,23,26)/b21-12-. The number of para-hydroxylation sites is 2. The van der Waals surface area contributed by atoms with E-state index in [0.717, 1.165) is 10.8 Å². The van der Waals surface area contributed by atoms with Crippen molar-refractivity contribution in [3.8, 4) is 11.5 Å². The lowest BCUT2D eigenvalue weighted by Crippen LogP contribution is -2.32. The third-order valence-corrected chi connectivity index (χ3v) is 3.87. The van der Waals surface area contributed by atoms with Gasteiger partial charge in [-0.1, -0.05) is 42.5 Å². The average Bonchev–Trinajstić information content (AvgIpc) is 2.69. The van der Waals surface area contributed by atoms with Crippen LogP contribution in [0.5, 0.6) is 11.5 Å². The zero-order valence-corrected chi connectivity index (χ0v) is 14.5. The molecule has 0 heterocycles. The summed E-state index contributed by atoms with van der Waals surface area (Å²) in [6.07, 6.45) is 1.30. The van der Waals surface area contributed by atoms with Crippen molar-refractivity contribution in [2.75, 3.05) is 12.4 Å². The van der Waals surface area contributed by atoms with Crippen LogP contribution in [0.1, 0.15) is 5.56 Å². The number of ether oxygens (including phenoxy) is 1. The lowest BCUT2D eigenvalue weighted by molar-refractivity contribution is -0.136. The summed E-state index contributed by atoms with van der Waals surface area (Å²) in [5.41, 5.74) is 2.96. The van der Waals surface area contributed by atoms with Crippen molar-refractivity contribution in [1.82, 2.24) is 5.43 Å². The lowest BCUT2D eigenvalue weighted by Gasteiger charge is -2.08. The number of nitrogens with zero attached hydrogens (tertiary/aromatic N) is 1. The first kappa shape index (κ1) is 17.9. The highest BCUT2D eigenvalue weighted by Gasteiger charge is 2.15. The minimum atomic E-state index is -0.947. The van der Waals surface area contributed by atoms with Gasteiger partial charge in [0.2, 0.25) is 0 Å². The van der Waals surface area contributed by atoms with Gasteiger partial charge in [0.15, 0.2) is 0 Å². The Morgan fingerprint density at radius 3 is 2.56 bits per heavy atom. The average molecular weight is 363 g/mol. The maximum absolute atomic E-state index is 12.0. The van der Waals surface area contributed by atoms with Gasteiger partial charge in [0.1, 0.15) is 11.5 Å².